The van der Waals surface area contributed by atoms with Gasteiger partial charge in [-0.15, -0.1) is 0 Å². The zero-order chi connectivity index (χ0) is 18.0. The molecule has 9 heteroatoms. The Bertz CT molecular complexity index is 695. The SMILES string of the molecule is CN(C)c1ncc(CN2CCCC(c3ncc(C(F)(F)F)[nH]3)C2)cn1. The van der Waals surface area contributed by atoms with Crippen LogP contribution < -0.4 is 4.90 Å². The van der Waals surface area contributed by atoms with Crippen LogP contribution in [0.5, 0.6) is 0 Å². The van der Waals surface area contributed by atoms with Gasteiger partial charge in [-0.05, 0) is 19.4 Å². The lowest BCUT2D eigenvalue weighted by Crippen LogP contribution is -2.34. The Balaban J connectivity index is 1.64. The largest absolute Gasteiger partial charge is 0.432 e. The van der Waals surface area contributed by atoms with Gasteiger partial charge in [-0.2, -0.15) is 13.2 Å². The molecule has 0 aromatic carbocycles. The Morgan fingerprint density at radius 3 is 2.52 bits per heavy atom. The van der Waals surface area contributed by atoms with E-state index in [0.717, 1.165) is 31.1 Å². The van der Waals surface area contributed by atoms with Gasteiger partial charge in [0.15, 0.2) is 0 Å². The fourth-order valence-corrected chi connectivity index (χ4v) is 3.03. The van der Waals surface area contributed by atoms with Crippen molar-refractivity contribution >= 4 is 5.95 Å². The molecule has 1 aliphatic rings. The number of likely N-dealkylation sites (tertiary alicyclic amines) is 1. The van der Waals surface area contributed by atoms with Crippen molar-refractivity contribution in [1.82, 2.24) is 24.8 Å². The van der Waals surface area contributed by atoms with Gasteiger partial charge in [-0.3, -0.25) is 4.90 Å². The van der Waals surface area contributed by atoms with Crippen LogP contribution in [-0.4, -0.2) is 52.0 Å². The van der Waals surface area contributed by atoms with Gasteiger partial charge < -0.3 is 9.88 Å². The van der Waals surface area contributed by atoms with Crippen molar-refractivity contribution in [3.05, 3.63) is 35.7 Å². The molecule has 1 saturated heterocycles. The second-order valence-corrected chi connectivity index (χ2v) is 6.54. The minimum Gasteiger partial charge on any atom is -0.347 e. The number of imidazole rings is 1. The van der Waals surface area contributed by atoms with Crippen molar-refractivity contribution in [3.63, 3.8) is 0 Å². The summed E-state index contributed by atoms with van der Waals surface area (Å²) < 4.78 is 38.2. The van der Waals surface area contributed by atoms with Gasteiger partial charge >= 0.3 is 6.18 Å². The van der Waals surface area contributed by atoms with Crippen molar-refractivity contribution in [2.24, 2.45) is 0 Å². The molecule has 0 aliphatic carbocycles. The Morgan fingerprint density at radius 1 is 1.20 bits per heavy atom. The van der Waals surface area contributed by atoms with E-state index in [1.807, 2.05) is 19.0 Å². The number of alkyl halides is 3. The second-order valence-electron chi connectivity index (χ2n) is 6.54. The lowest BCUT2D eigenvalue weighted by atomic mass is 9.97. The van der Waals surface area contributed by atoms with Crippen molar-refractivity contribution in [2.45, 2.75) is 31.5 Å². The summed E-state index contributed by atoms with van der Waals surface area (Å²) >= 11 is 0. The summed E-state index contributed by atoms with van der Waals surface area (Å²) in [6, 6.07) is 0. The first kappa shape index (κ1) is 17.7. The molecule has 0 radical (unpaired) electrons. The van der Waals surface area contributed by atoms with Crippen molar-refractivity contribution in [3.8, 4) is 0 Å². The quantitative estimate of drug-likeness (QED) is 0.915. The molecule has 3 heterocycles. The van der Waals surface area contributed by atoms with Crippen molar-refractivity contribution in [1.29, 1.82) is 0 Å². The summed E-state index contributed by atoms with van der Waals surface area (Å²) in [6.45, 7) is 2.25. The van der Waals surface area contributed by atoms with Gasteiger partial charge in [0.2, 0.25) is 5.95 Å². The van der Waals surface area contributed by atoms with Crippen LogP contribution in [0.15, 0.2) is 18.6 Å². The van der Waals surface area contributed by atoms with E-state index in [9.17, 15) is 13.2 Å². The van der Waals surface area contributed by atoms with E-state index in [1.165, 1.54) is 0 Å². The van der Waals surface area contributed by atoms with Crippen LogP contribution in [0.2, 0.25) is 0 Å². The third-order valence-electron chi connectivity index (χ3n) is 4.29. The molecule has 0 saturated carbocycles. The first-order valence-electron chi connectivity index (χ1n) is 8.15. The fraction of sp³-hybridized carbons (Fsp3) is 0.562. The van der Waals surface area contributed by atoms with E-state index in [0.29, 0.717) is 24.9 Å². The van der Waals surface area contributed by atoms with Gasteiger partial charge in [0.05, 0.1) is 6.20 Å². The van der Waals surface area contributed by atoms with Crippen LogP contribution in [0.3, 0.4) is 0 Å². The Kier molecular flexibility index (Phi) is 4.94. The molecule has 2 aromatic rings. The standard InChI is InChI=1S/C16H21F3N6/c1-24(2)15-21-6-11(7-22-15)9-25-5-3-4-12(10-25)14-20-8-13(23-14)16(17,18)19/h6-8,12H,3-5,9-10H2,1-2H3,(H,20,23). The molecule has 1 atom stereocenters. The number of nitrogens with zero attached hydrogens (tertiary/aromatic N) is 5. The van der Waals surface area contributed by atoms with E-state index in [1.54, 1.807) is 12.4 Å². The molecular formula is C16H21F3N6. The normalized spacial score (nSPS) is 19.2. The Hall–Kier alpha value is -2.16. The average molecular weight is 354 g/mol. The molecule has 1 aliphatic heterocycles. The number of aromatic nitrogens is 4. The third kappa shape index (κ3) is 4.28. The van der Waals surface area contributed by atoms with Crippen LogP contribution in [-0.2, 0) is 12.7 Å². The molecule has 3 rings (SSSR count). The van der Waals surface area contributed by atoms with Gasteiger partial charge in [0, 0.05) is 51.1 Å². The lowest BCUT2D eigenvalue weighted by Gasteiger charge is -2.31. The molecule has 1 fully saturated rings. The van der Waals surface area contributed by atoms with Gasteiger partial charge in [-0.25, -0.2) is 15.0 Å². The maximum absolute atomic E-state index is 12.7. The molecule has 2 aromatic heterocycles. The minimum absolute atomic E-state index is 0.0215. The highest BCUT2D eigenvalue weighted by molar-refractivity contribution is 5.26. The number of piperidine rings is 1. The summed E-state index contributed by atoms with van der Waals surface area (Å²) in [7, 11) is 3.76. The summed E-state index contributed by atoms with van der Waals surface area (Å²) in [5, 5.41) is 0. The minimum atomic E-state index is -4.38. The number of nitrogens with one attached hydrogen (secondary N) is 1. The molecule has 0 spiro atoms. The maximum Gasteiger partial charge on any atom is 0.432 e. The number of hydrogen-bond acceptors (Lipinski definition) is 5. The van der Waals surface area contributed by atoms with E-state index in [4.69, 9.17) is 0 Å². The highest BCUT2D eigenvalue weighted by Crippen LogP contribution is 2.31. The molecule has 1 N–H and O–H groups in total. The zero-order valence-electron chi connectivity index (χ0n) is 14.2. The molecule has 0 bridgehead atoms. The number of H-pyrrole nitrogens is 1. The van der Waals surface area contributed by atoms with Crippen LogP contribution >= 0.6 is 0 Å². The summed E-state index contributed by atoms with van der Waals surface area (Å²) in [4.78, 5) is 19.0. The van der Waals surface area contributed by atoms with Gasteiger partial charge in [0.25, 0.3) is 0 Å². The highest BCUT2D eigenvalue weighted by Gasteiger charge is 2.34. The average Bonchev–Trinajstić information content (AvgIpc) is 3.06. The van der Waals surface area contributed by atoms with Crippen LogP contribution in [0.25, 0.3) is 0 Å². The van der Waals surface area contributed by atoms with Crippen molar-refractivity contribution in [2.75, 3.05) is 32.1 Å². The molecule has 0 amide bonds. The number of rotatable bonds is 4. The van der Waals surface area contributed by atoms with Crippen LogP contribution in [0, 0.1) is 0 Å². The Labute approximate surface area is 144 Å². The summed E-state index contributed by atoms with van der Waals surface area (Å²) in [5.74, 6) is 1.04. The van der Waals surface area contributed by atoms with Gasteiger partial charge in [0.1, 0.15) is 11.5 Å². The van der Waals surface area contributed by atoms with Crippen molar-refractivity contribution < 1.29 is 13.2 Å². The number of halogens is 3. The molecular weight excluding hydrogens is 333 g/mol. The molecule has 25 heavy (non-hydrogen) atoms. The topological polar surface area (TPSA) is 60.9 Å². The Morgan fingerprint density at radius 2 is 1.92 bits per heavy atom. The molecule has 1 unspecified atom stereocenters. The highest BCUT2D eigenvalue weighted by atomic mass is 19.4. The maximum atomic E-state index is 12.7. The molecule has 6 nitrogen and oxygen atoms in total. The number of anilines is 1. The van der Waals surface area contributed by atoms with Gasteiger partial charge in [-0.1, -0.05) is 0 Å². The zero-order valence-corrected chi connectivity index (χ0v) is 14.2. The summed E-state index contributed by atoms with van der Waals surface area (Å²) in [6.07, 6.45) is 1.83. The predicted molar refractivity (Wildman–Crippen MR) is 87.2 cm³/mol. The van der Waals surface area contributed by atoms with Crippen LogP contribution in [0.4, 0.5) is 19.1 Å². The lowest BCUT2D eigenvalue weighted by molar-refractivity contribution is -0.141. The summed E-state index contributed by atoms with van der Waals surface area (Å²) in [5.41, 5.74) is 0.203. The predicted octanol–water partition coefficient (Wildman–Crippen LogP) is 2.66. The van der Waals surface area contributed by atoms with E-state index in [2.05, 4.69) is 24.8 Å². The first-order valence-corrected chi connectivity index (χ1v) is 8.15. The first-order chi connectivity index (χ1) is 11.8. The second kappa shape index (κ2) is 6.99. The third-order valence-corrected chi connectivity index (χ3v) is 4.29. The number of hydrogen-bond donors (Lipinski definition) is 1. The fourth-order valence-electron chi connectivity index (χ4n) is 3.03. The van der Waals surface area contributed by atoms with Crippen LogP contribution in [0.1, 0.15) is 35.8 Å². The monoisotopic (exact) mass is 354 g/mol. The number of aromatic amines is 1. The van der Waals surface area contributed by atoms with E-state index >= 15 is 0 Å². The molecule has 136 valence electrons. The van der Waals surface area contributed by atoms with E-state index < -0.39 is 11.9 Å². The van der Waals surface area contributed by atoms with E-state index in [-0.39, 0.29) is 5.92 Å². The smallest absolute Gasteiger partial charge is 0.347 e.